The van der Waals surface area contributed by atoms with Crippen LogP contribution in [-0.2, 0) is 9.47 Å². The van der Waals surface area contributed by atoms with E-state index < -0.39 is 18.0 Å². The number of Topliss-reactive ketones (excluding diaryl/α,β-unsaturated/α-hetero) is 1. The highest BCUT2D eigenvalue weighted by Crippen LogP contribution is 2.12. The molecule has 0 aliphatic rings. The van der Waals surface area contributed by atoms with Gasteiger partial charge in [-0.05, 0) is 13.8 Å². The molecule has 0 spiro atoms. The van der Waals surface area contributed by atoms with Gasteiger partial charge < -0.3 is 9.47 Å². The third-order valence-corrected chi connectivity index (χ3v) is 3.38. The summed E-state index contributed by atoms with van der Waals surface area (Å²) in [5, 5.41) is 4.44. The molecule has 0 saturated carbocycles. The van der Waals surface area contributed by atoms with Crippen molar-refractivity contribution in [2.45, 2.75) is 13.8 Å². The molecule has 2 aromatic rings. The van der Waals surface area contributed by atoms with Crippen molar-refractivity contribution in [2.75, 3.05) is 13.2 Å². The zero-order valence-corrected chi connectivity index (χ0v) is 15.1. The third kappa shape index (κ3) is 5.24. The predicted octanol–water partition coefficient (Wildman–Crippen LogP) is 3.89. The fraction of sp³-hybridized carbons (Fsp3) is 0.200. The monoisotopic (exact) mass is 368 g/mol. The molecule has 0 N–H and O–H groups in total. The van der Waals surface area contributed by atoms with E-state index in [9.17, 15) is 14.4 Å². The highest BCUT2D eigenvalue weighted by Gasteiger charge is 2.27. The zero-order valence-electron chi connectivity index (χ0n) is 15.1. The molecule has 0 radical (unpaired) electrons. The Morgan fingerprint density at radius 2 is 1.22 bits per heavy atom. The lowest BCUT2D eigenvalue weighted by molar-refractivity contribution is 0.0823. The van der Waals surface area contributed by atoms with E-state index in [0.29, 0.717) is 16.1 Å². The van der Waals surface area contributed by atoms with Gasteiger partial charge in [-0.1, -0.05) is 65.7 Å². The second kappa shape index (κ2) is 9.86. The highest BCUT2D eigenvalue weighted by atomic mass is 16.6. The summed E-state index contributed by atoms with van der Waals surface area (Å²) in [6.45, 7) is 3.27. The van der Waals surface area contributed by atoms with Gasteiger partial charge in [-0.25, -0.2) is 9.59 Å². The van der Waals surface area contributed by atoms with Gasteiger partial charge in [-0.3, -0.25) is 4.79 Å². The lowest BCUT2D eigenvalue weighted by atomic mass is 10.0. The Morgan fingerprint density at radius 3 is 1.67 bits per heavy atom. The van der Waals surface area contributed by atoms with Crippen molar-refractivity contribution in [1.82, 2.24) is 5.01 Å². The average Bonchev–Trinajstić information content (AvgIpc) is 2.70. The molecule has 0 aliphatic carbocycles. The summed E-state index contributed by atoms with van der Waals surface area (Å²) < 4.78 is 9.72. The number of ketones is 1. The summed E-state index contributed by atoms with van der Waals surface area (Å²) in [5.41, 5.74) is 0.737. The Morgan fingerprint density at radius 1 is 0.778 bits per heavy atom. The molecule has 0 fully saturated rings. The molecule has 0 atom stereocenters. The number of imide groups is 1. The van der Waals surface area contributed by atoms with Crippen LogP contribution in [0.1, 0.15) is 29.8 Å². The summed E-state index contributed by atoms with van der Waals surface area (Å²) in [4.78, 5) is 37.3. The first-order valence-electron chi connectivity index (χ1n) is 8.45. The topological polar surface area (TPSA) is 85.3 Å². The van der Waals surface area contributed by atoms with Crippen LogP contribution in [0, 0.1) is 0 Å². The summed E-state index contributed by atoms with van der Waals surface area (Å²) in [6, 6.07) is 17.0. The van der Waals surface area contributed by atoms with E-state index in [1.807, 2.05) is 0 Å². The smallest absolute Gasteiger partial charge is 0.440 e. The van der Waals surface area contributed by atoms with Crippen LogP contribution in [0.4, 0.5) is 9.59 Å². The van der Waals surface area contributed by atoms with E-state index >= 15 is 0 Å². The molecular weight excluding hydrogens is 348 g/mol. The molecule has 0 saturated heterocycles. The van der Waals surface area contributed by atoms with Crippen molar-refractivity contribution in [3.63, 3.8) is 0 Å². The minimum atomic E-state index is -1.02. The first-order chi connectivity index (χ1) is 13.1. The Labute approximate surface area is 157 Å². The quantitative estimate of drug-likeness (QED) is 0.439. The van der Waals surface area contributed by atoms with E-state index in [1.165, 1.54) is 0 Å². The van der Waals surface area contributed by atoms with Crippen LogP contribution < -0.4 is 0 Å². The van der Waals surface area contributed by atoms with Gasteiger partial charge in [0.2, 0.25) is 5.78 Å². The fourth-order valence-corrected chi connectivity index (χ4v) is 2.18. The van der Waals surface area contributed by atoms with Crippen LogP contribution in [-0.4, -0.2) is 41.9 Å². The Kier molecular flexibility index (Phi) is 7.25. The zero-order chi connectivity index (χ0) is 19.6. The number of hydrazone groups is 1. The number of amides is 2. The molecule has 7 nitrogen and oxygen atoms in total. The maximum Gasteiger partial charge on any atom is 0.440 e. The summed E-state index contributed by atoms with van der Waals surface area (Å²) in [7, 11) is 0. The predicted molar refractivity (Wildman–Crippen MR) is 99.6 cm³/mol. The maximum atomic E-state index is 13.0. The fourth-order valence-electron chi connectivity index (χ4n) is 2.18. The van der Waals surface area contributed by atoms with Crippen molar-refractivity contribution in [2.24, 2.45) is 5.10 Å². The molecule has 2 amide bonds. The van der Waals surface area contributed by atoms with E-state index in [4.69, 9.17) is 9.47 Å². The van der Waals surface area contributed by atoms with Crippen LogP contribution in [0.5, 0.6) is 0 Å². The van der Waals surface area contributed by atoms with Crippen LogP contribution in [0.15, 0.2) is 65.8 Å². The van der Waals surface area contributed by atoms with Gasteiger partial charge in [0.25, 0.3) is 0 Å². The second-order valence-electron chi connectivity index (χ2n) is 5.22. The van der Waals surface area contributed by atoms with Gasteiger partial charge in [0, 0.05) is 11.1 Å². The van der Waals surface area contributed by atoms with E-state index in [1.54, 1.807) is 74.5 Å². The highest BCUT2D eigenvalue weighted by molar-refractivity contribution is 6.51. The van der Waals surface area contributed by atoms with Gasteiger partial charge in [0.15, 0.2) is 0 Å². The van der Waals surface area contributed by atoms with Gasteiger partial charge in [-0.15, -0.1) is 0 Å². The van der Waals surface area contributed by atoms with Crippen LogP contribution >= 0.6 is 0 Å². The van der Waals surface area contributed by atoms with Crippen LogP contribution in [0.3, 0.4) is 0 Å². The largest absolute Gasteiger partial charge is 0.448 e. The number of carbonyl (C=O) groups excluding carboxylic acids is 3. The molecular formula is C20H20N2O5. The number of nitrogens with zero attached hydrogens (tertiary/aromatic N) is 2. The standard InChI is InChI=1S/C20H20N2O5/c1-3-26-19(24)22(20(25)27-4-2)21-17(15-11-7-5-8-12-15)18(23)16-13-9-6-10-14-16/h5-14H,3-4H2,1-2H3/b21-17-. The lowest BCUT2D eigenvalue weighted by Gasteiger charge is -2.16. The molecule has 7 heteroatoms. The maximum absolute atomic E-state index is 13.0. The molecule has 2 rings (SSSR count). The average molecular weight is 368 g/mol. The molecule has 0 unspecified atom stereocenters. The molecule has 0 bridgehead atoms. The Balaban J connectivity index is 2.53. The molecule has 0 aromatic heterocycles. The normalized spacial score (nSPS) is 10.8. The van der Waals surface area contributed by atoms with Gasteiger partial charge in [0.1, 0.15) is 5.71 Å². The van der Waals surface area contributed by atoms with Crippen molar-refractivity contribution >= 4 is 23.7 Å². The molecule has 0 heterocycles. The Hall–Kier alpha value is -3.48. The second-order valence-corrected chi connectivity index (χ2v) is 5.22. The van der Waals surface area contributed by atoms with Crippen LogP contribution in [0.2, 0.25) is 0 Å². The first kappa shape index (κ1) is 19.8. The minimum Gasteiger partial charge on any atom is -0.448 e. The summed E-state index contributed by atoms with van der Waals surface area (Å²) >= 11 is 0. The number of carbonyl (C=O) groups is 3. The molecule has 27 heavy (non-hydrogen) atoms. The molecule has 2 aromatic carbocycles. The van der Waals surface area contributed by atoms with E-state index in [-0.39, 0.29) is 18.9 Å². The number of hydrogen-bond acceptors (Lipinski definition) is 6. The number of ether oxygens (including phenoxy) is 2. The minimum absolute atomic E-state index is 0.0392. The lowest BCUT2D eigenvalue weighted by Crippen LogP contribution is -2.35. The third-order valence-electron chi connectivity index (χ3n) is 3.38. The molecule has 0 aliphatic heterocycles. The summed E-state index contributed by atoms with van der Waals surface area (Å²) in [6.07, 6.45) is -2.05. The Bertz CT molecular complexity index is 801. The van der Waals surface area contributed by atoms with Gasteiger partial charge >= 0.3 is 12.2 Å². The number of hydrogen-bond donors (Lipinski definition) is 0. The first-order valence-corrected chi connectivity index (χ1v) is 8.45. The van der Waals surface area contributed by atoms with E-state index in [0.717, 1.165) is 0 Å². The van der Waals surface area contributed by atoms with Gasteiger partial charge in [0.05, 0.1) is 13.2 Å². The van der Waals surface area contributed by atoms with Crippen molar-refractivity contribution in [3.8, 4) is 0 Å². The summed E-state index contributed by atoms with van der Waals surface area (Å²) in [5.74, 6) is -0.444. The van der Waals surface area contributed by atoms with Crippen molar-refractivity contribution in [3.05, 3.63) is 71.8 Å². The van der Waals surface area contributed by atoms with Crippen LogP contribution in [0.25, 0.3) is 0 Å². The van der Waals surface area contributed by atoms with E-state index in [2.05, 4.69) is 5.10 Å². The number of benzene rings is 2. The SMILES string of the molecule is CCOC(=O)N(/N=C(\C(=O)c1ccccc1)c1ccccc1)C(=O)OCC. The molecule has 140 valence electrons. The van der Waals surface area contributed by atoms with Crippen molar-refractivity contribution < 1.29 is 23.9 Å². The van der Waals surface area contributed by atoms with Crippen molar-refractivity contribution in [1.29, 1.82) is 0 Å². The number of rotatable bonds is 6. The van der Waals surface area contributed by atoms with Gasteiger partial charge in [-0.2, -0.15) is 5.10 Å².